The van der Waals surface area contributed by atoms with Crippen LogP contribution in [0.4, 0.5) is 10.1 Å². The Morgan fingerprint density at radius 2 is 1.96 bits per heavy atom. The highest BCUT2D eigenvalue weighted by Crippen LogP contribution is 2.24. The number of ether oxygens (including phenoxy) is 1. The third kappa shape index (κ3) is 5.79. The molecule has 2 aromatic rings. The molecule has 0 aromatic heterocycles. The first kappa shape index (κ1) is 18.8. The molecule has 132 valence electrons. The second-order valence-electron chi connectivity index (χ2n) is 5.24. The molecule has 0 saturated heterocycles. The lowest BCUT2D eigenvalue weighted by atomic mass is 10.3. The van der Waals surface area contributed by atoms with Crippen LogP contribution in [0.5, 0.6) is 5.75 Å². The summed E-state index contributed by atoms with van der Waals surface area (Å²) in [5, 5.41) is 2.78. The largest absolute Gasteiger partial charge is 0.484 e. The lowest BCUT2D eigenvalue weighted by molar-refractivity contribution is -0.135. The van der Waals surface area contributed by atoms with Crippen molar-refractivity contribution >= 4 is 29.3 Å². The summed E-state index contributed by atoms with van der Waals surface area (Å²) in [5.74, 6) is -0.856. The molecular weight excluding hydrogens is 343 g/mol. The van der Waals surface area contributed by atoms with E-state index in [2.05, 4.69) is 5.32 Å². The maximum atomic E-state index is 13.1. The van der Waals surface area contributed by atoms with Gasteiger partial charge in [-0.2, -0.15) is 0 Å². The van der Waals surface area contributed by atoms with E-state index in [4.69, 9.17) is 4.74 Å². The van der Waals surface area contributed by atoms with Crippen LogP contribution < -0.4 is 10.1 Å². The van der Waals surface area contributed by atoms with Gasteiger partial charge in [0.25, 0.3) is 5.91 Å². The van der Waals surface area contributed by atoms with Crippen LogP contribution in [0.3, 0.4) is 0 Å². The van der Waals surface area contributed by atoms with E-state index in [0.29, 0.717) is 5.69 Å². The van der Waals surface area contributed by atoms with Crippen LogP contribution in [0.15, 0.2) is 53.4 Å². The number of hydrogen-bond donors (Lipinski definition) is 1. The van der Waals surface area contributed by atoms with Crippen molar-refractivity contribution in [3.63, 3.8) is 0 Å². The Bertz CT molecular complexity index is 755. The number of benzene rings is 2. The van der Waals surface area contributed by atoms with E-state index >= 15 is 0 Å². The molecule has 2 aromatic carbocycles. The Balaban J connectivity index is 1.84. The molecule has 0 spiro atoms. The van der Waals surface area contributed by atoms with Gasteiger partial charge in [0.05, 0.1) is 12.2 Å². The van der Waals surface area contributed by atoms with Crippen molar-refractivity contribution in [2.24, 2.45) is 0 Å². The first-order valence-electron chi connectivity index (χ1n) is 7.55. The molecule has 0 saturated carbocycles. The van der Waals surface area contributed by atoms with Crippen molar-refractivity contribution in [2.45, 2.75) is 4.90 Å². The van der Waals surface area contributed by atoms with Crippen molar-refractivity contribution in [2.75, 3.05) is 31.8 Å². The molecule has 25 heavy (non-hydrogen) atoms. The van der Waals surface area contributed by atoms with Crippen molar-refractivity contribution in [1.29, 1.82) is 0 Å². The summed E-state index contributed by atoms with van der Waals surface area (Å²) in [6, 6.07) is 13.0. The summed E-state index contributed by atoms with van der Waals surface area (Å²) in [6.45, 7) is -0.372. The van der Waals surface area contributed by atoms with Crippen molar-refractivity contribution < 1.29 is 18.7 Å². The predicted molar refractivity (Wildman–Crippen MR) is 96.4 cm³/mol. The van der Waals surface area contributed by atoms with Gasteiger partial charge in [-0.15, -0.1) is 11.8 Å². The highest BCUT2D eigenvalue weighted by Gasteiger charge is 2.14. The Labute approximate surface area is 150 Å². The fourth-order valence-corrected chi connectivity index (χ4v) is 2.61. The molecule has 0 fully saturated rings. The number of halogens is 1. The molecule has 0 unspecified atom stereocenters. The van der Waals surface area contributed by atoms with E-state index in [-0.39, 0.29) is 30.7 Å². The molecule has 0 heterocycles. The van der Waals surface area contributed by atoms with Gasteiger partial charge in [-0.1, -0.05) is 18.2 Å². The van der Waals surface area contributed by atoms with Crippen LogP contribution in [-0.2, 0) is 9.59 Å². The lowest BCUT2D eigenvalue weighted by Crippen LogP contribution is -2.37. The van der Waals surface area contributed by atoms with E-state index in [1.807, 2.05) is 24.5 Å². The fraction of sp³-hybridized carbons (Fsp3) is 0.222. The molecule has 2 amide bonds. The van der Waals surface area contributed by atoms with E-state index in [1.165, 1.54) is 41.9 Å². The quantitative estimate of drug-likeness (QED) is 0.769. The highest BCUT2D eigenvalue weighted by molar-refractivity contribution is 7.98. The maximum absolute atomic E-state index is 13.1. The summed E-state index contributed by atoms with van der Waals surface area (Å²) in [7, 11) is 1.51. The summed E-state index contributed by atoms with van der Waals surface area (Å²) in [5.41, 5.74) is 0.705. The second kappa shape index (κ2) is 9.08. The number of thioether (sulfide) groups is 1. The third-order valence-corrected chi connectivity index (χ3v) is 4.14. The van der Waals surface area contributed by atoms with Gasteiger partial charge in [-0.3, -0.25) is 9.59 Å². The molecule has 0 atom stereocenters. The normalized spacial score (nSPS) is 10.2. The SMILES string of the molecule is CSc1ccccc1NC(=O)CN(C)C(=O)COc1cccc(F)c1. The molecule has 0 aliphatic heterocycles. The van der Waals surface area contributed by atoms with Gasteiger partial charge >= 0.3 is 0 Å². The van der Waals surface area contributed by atoms with Crippen LogP contribution in [0.25, 0.3) is 0 Å². The number of amides is 2. The smallest absolute Gasteiger partial charge is 0.260 e. The van der Waals surface area contributed by atoms with Crippen LogP contribution in [0.2, 0.25) is 0 Å². The number of carbonyl (C=O) groups is 2. The van der Waals surface area contributed by atoms with Crippen molar-refractivity contribution in [3.05, 3.63) is 54.3 Å². The molecule has 5 nitrogen and oxygen atoms in total. The van der Waals surface area contributed by atoms with Gasteiger partial charge in [0, 0.05) is 18.0 Å². The third-order valence-electron chi connectivity index (χ3n) is 3.35. The first-order valence-corrected chi connectivity index (χ1v) is 8.77. The Morgan fingerprint density at radius 1 is 1.20 bits per heavy atom. The Hall–Kier alpha value is -2.54. The highest BCUT2D eigenvalue weighted by atomic mass is 32.2. The number of hydrogen-bond acceptors (Lipinski definition) is 4. The van der Waals surface area contributed by atoms with Crippen LogP contribution in [0, 0.1) is 5.82 Å². The summed E-state index contributed by atoms with van der Waals surface area (Å²) >= 11 is 1.52. The molecule has 0 aliphatic carbocycles. The first-order chi connectivity index (χ1) is 12.0. The molecular formula is C18H19FN2O3S. The van der Waals surface area contributed by atoms with Crippen LogP contribution >= 0.6 is 11.8 Å². The minimum atomic E-state index is -0.440. The summed E-state index contributed by atoms with van der Waals surface area (Å²) in [6.07, 6.45) is 1.92. The van der Waals surface area contributed by atoms with Gasteiger partial charge in [-0.25, -0.2) is 4.39 Å². The standard InChI is InChI=1S/C18H19FN2O3S/c1-21(18(23)12-24-14-7-5-6-13(19)10-14)11-17(22)20-15-8-3-4-9-16(15)25-2/h3-10H,11-12H2,1-2H3,(H,20,22). The zero-order valence-corrected chi connectivity index (χ0v) is 14.8. The molecule has 2 rings (SSSR count). The zero-order valence-electron chi connectivity index (χ0n) is 14.0. The maximum Gasteiger partial charge on any atom is 0.260 e. The minimum absolute atomic E-state index is 0.103. The molecule has 0 radical (unpaired) electrons. The molecule has 1 N–H and O–H groups in total. The topological polar surface area (TPSA) is 58.6 Å². The Kier molecular flexibility index (Phi) is 6.82. The van der Waals surface area contributed by atoms with Gasteiger partial charge in [0.2, 0.25) is 5.91 Å². The summed E-state index contributed by atoms with van der Waals surface area (Å²) in [4.78, 5) is 26.3. The van der Waals surface area contributed by atoms with Gasteiger partial charge in [-0.05, 0) is 30.5 Å². The van der Waals surface area contributed by atoms with Gasteiger partial charge in [0.1, 0.15) is 11.6 Å². The average molecular weight is 362 g/mol. The number of para-hydroxylation sites is 1. The lowest BCUT2D eigenvalue weighted by Gasteiger charge is -2.17. The predicted octanol–water partition coefficient (Wildman–Crippen LogP) is 3.02. The van der Waals surface area contributed by atoms with E-state index in [0.717, 1.165) is 4.90 Å². The molecule has 7 heteroatoms. The van der Waals surface area contributed by atoms with Crippen LogP contribution in [-0.4, -0.2) is 43.2 Å². The number of carbonyl (C=O) groups excluding carboxylic acids is 2. The fourth-order valence-electron chi connectivity index (χ4n) is 2.05. The van der Waals surface area contributed by atoms with E-state index in [1.54, 1.807) is 12.1 Å². The number of likely N-dealkylation sites (N-methyl/N-ethyl adjacent to an activating group) is 1. The number of anilines is 1. The van der Waals surface area contributed by atoms with E-state index < -0.39 is 5.82 Å². The number of nitrogens with one attached hydrogen (secondary N) is 1. The van der Waals surface area contributed by atoms with E-state index in [9.17, 15) is 14.0 Å². The number of nitrogens with zero attached hydrogens (tertiary/aromatic N) is 1. The Morgan fingerprint density at radius 3 is 2.68 bits per heavy atom. The molecule has 0 aliphatic rings. The van der Waals surface area contributed by atoms with Crippen molar-refractivity contribution in [3.8, 4) is 5.75 Å². The van der Waals surface area contributed by atoms with Crippen LogP contribution in [0.1, 0.15) is 0 Å². The minimum Gasteiger partial charge on any atom is -0.484 e. The second-order valence-corrected chi connectivity index (χ2v) is 6.09. The monoisotopic (exact) mass is 362 g/mol. The summed E-state index contributed by atoms with van der Waals surface area (Å²) < 4.78 is 18.3. The molecule has 0 bridgehead atoms. The van der Waals surface area contributed by atoms with Gasteiger partial charge in [0.15, 0.2) is 6.61 Å². The average Bonchev–Trinajstić information content (AvgIpc) is 2.60. The zero-order chi connectivity index (χ0) is 18.2. The van der Waals surface area contributed by atoms with Gasteiger partial charge < -0.3 is 15.0 Å². The number of rotatable bonds is 7. The van der Waals surface area contributed by atoms with Crippen molar-refractivity contribution in [1.82, 2.24) is 4.90 Å².